The van der Waals surface area contributed by atoms with Crippen molar-refractivity contribution in [3.63, 3.8) is 0 Å². The quantitative estimate of drug-likeness (QED) is 0.198. The third kappa shape index (κ3) is 9.54. The zero-order valence-electron chi connectivity index (χ0n) is 24.9. The lowest BCUT2D eigenvalue weighted by atomic mass is 9.79. The van der Waals surface area contributed by atoms with Crippen molar-refractivity contribution < 1.29 is 39.8 Å². The molecule has 1 rings (SSSR count). The van der Waals surface area contributed by atoms with Crippen LogP contribution in [-0.2, 0) is 51.8 Å². The van der Waals surface area contributed by atoms with E-state index in [1.165, 1.54) is 5.56 Å². The Kier molecular flexibility index (Phi) is 16.2. The fraction of sp³-hybridized carbons (Fsp3) is 0.760. The lowest BCUT2D eigenvalue weighted by Gasteiger charge is -2.34. The summed E-state index contributed by atoms with van der Waals surface area (Å²) in [5, 5.41) is 0. The lowest BCUT2D eigenvalue weighted by Crippen LogP contribution is -2.45. The summed E-state index contributed by atoms with van der Waals surface area (Å²) in [5.74, 6) is 0. The van der Waals surface area contributed by atoms with Crippen LogP contribution in [0.5, 0.6) is 0 Å². The highest BCUT2D eigenvalue weighted by atomic mass is 28.4. The van der Waals surface area contributed by atoms with Crippen molar-refractivity contribution in [1.82, 2.24) is 0 Å². The summed E-state index contributed by atoms with van der Waals surface area (Å²) in [6.07, 6.45) is 4.75. The summed E-state index contributed by atoms with van der Waals surface area (Å²) >= 11 is 0. The fourth-order valence-corrected chi connectivity index (χ4v) is 10.2. The van der Waals surface area contributed by atoms with Gasteiger partial charge in [0.15, 0.2) is 0 Å². The molecule has 0 radical (unpaired) electrons. The van der Waals surface area contributed by atoms with Gasteiger partial charge in [0.05, 0.1) is 0 Å². The molecule has 2 N–H and O–H groups in total. The van der Waals surface area contributed by atoms with Crippen molar-refractivity contribution in [2.24, 2.45) is 5.73 Å². The minimum absolute atomic E-state index is 0.584. The summed E-state index contributed by atoms with van der Waals surface area (Å²) < 4.78 is 50.7. The molecule has 10 nitrogen and oxygen atoms in total. The van der Waals surface area contributed by atoms with Crippen molar-refractivity contribution in [2.75, 3.05) is 64.0 Å². The first-order valence-corrected chi connectivity index (χ1v) is 18.8. The van der Waals surface area contributed by atoms with E-state index in [1.807, 2.05) is 0 Å². The Morgan fingerprint density at radius 3 is 1.26 bits per heavy atom. The molecule has 0 amide bonds. The van der Waals surface area contributed by atoms with Crippen LogP contribution in [0, 0.1) is 0 Å². The standard InChI is InChI=1S/C25H51NO9Si3/c1-27-36(28-2,29-3)20-12-16-23-15-10-11-17-24(23)25(26,18-13-21-37(30-4,31-5)32-6)19-14-22-38(33-7,34-8)35-9/h10-11,15,17H,12-14,16,18-22,26H2,1-9H3. The van der Waals surface area contributed by atoms with Crippen LogP contribution in [0.2, 0.25) is 18.1 Å². The second-order valence-corrected chi connectivity index (χ2v) is 18.5. The normalized spacial score (nSPS) is 13.3. The number of rotatable bonds is 22. The van der Waals surface area contributed by atoms with Crippen molar-refractivity contribution in [3.8, 4) is 0 Å². The molecule has 1 aromatic carbocycles. The fourth-order valence-electron chi connectivity index (χ4n) is 5.02. The number of aryl methyl sites for hydroxylation is 1. The third-order valence-corrected chi connectivity index (χ3v) is 16.0. The van der Waals surface area contributed by atoms with Crippen LogP contribution in [-0.4, -0.2) is 90.4 Å². The van der Waals surface area contributed by atoms with Crippen LogP contribution in [0.3, 0.4) is 0 Å². The maximum Gasteiger partial charge on any atom is 0.500 e. The van der Waals surface area contributed by atoms with Gasteiger partial charge in [-0.05, 0) is 49.7 Å². The van der Waals surface area contributed by atoms with E-state index in [0.717, 1.165) is 50.1 Å². The molecule has 0 unspecified atom stereocenters. The van der Waals surface area contributed by atoms with Crippen LogP contribution in [0.1, 0.15) is 43.2 Å². The van der Waals surface area contributed by atoms with Gasteiger partial charge in [-0.15, -0.1) is 0 Å². The van der Waals surface area contributed by atoms with Crippen LogP contribution < -0.4 is 5.73 Å². The molecular weight excluding hydrogens is 543 g/mol. The van der Waals surface area contributed by atoms with E-state index in [0.29, 0.717) is 12.1 Å². The van der Waals surface area contributed by atoms with Gasteiger partial charge < -0.3 is 45.6 Å². The van der Waals surface area contributed by atoms with Crippen molar-refractivity contribution in [2.45, 2.75) is 62.2 Å². The smallest absolute Gasteiger partial charge is 0.377 e. The van der Waals surface area contributed by atoms with Gasteiger partial charge in [-0.1, -0.05) is 24.3 Å². The average Bonchev–Trinajstić information content (AvgIpc) is 2.97. The number of hydrogen-bond acceptors (Lipinski definition) is 10. The van der Waals surface area contributed by atoms with Gasteiger partial charge in [-0.2, -0.15) is 0 Å². The highest BCUT2D eigenvalue weighted by molar-refractivity contribution is 6.61. The van der Waals surface area contributed by atoms with Crippen molar-refractivity contribution >= 4 is 26.4 Å². The van der Waals surface area contributed by atoms with E-state index >= 15 is 0 Å². The molecule has 0 aliphatic heterocycles. The molecule has 0 saturated heterocycles. The molecule has 13 heteroatoms. The number of benzene rings is 1. The van der Waals surface area contributed by atoms with E-state index in [1.54, 1.807) is 64.0 Å². The van der Waals surface area contributed by atoms with E-state index in [2.05, 4.69) is 24.3 Å². The molecule has 0 atom stereocenters. The molecule has 0 spiro atoms. The third-order valence-electron chi connectivity index (χ3n) is 7.49. The Bertz CT molecular complexity index is 727. The second-order valence-electron chi connectivity index (χ2n) is 9.26. The first-order valence-electron chi connectivity index (χ1n) is 13.0. The van der Waals surface area contributed by atoms with E-state index in [4.69, 9.17) is 45.6 Å². The molecule has 0 saturated carbocycles. The van der Waals surface area contributed by atoms with Crippen LogP contribution in [0.25, 0.3) is 0 Å². The molecule has 0 aliphatic carbocycles. The van der Waals surface area contributed by atoms with Gasteiger partial charge >= 0.3 is 26.4 Å². The molecule has 1 aromatic rings. The molecule has 0 aliphatic rings. The minimum atomic E-state index is -2.71. The molecule has 38 heavy (non-hydrogen) atoms. The zero-order valence-corrected chi connectivity index (χ0v) is 27.9. The summed E-state index contributed by atoms with van der Waals surface area (Å²) in [4.78, 5) is 0. The van der Waals surface area contributed by atoms with Gasteiger partial charge in [0.2, 0.25) is 0 Å². The van der Waals surface area contributed by atoms with Crippen LogP contribution in [0.15, 0.2) is 24.3 Å². The van der Waals surface area contributed by atoms with Gasteiger partial charge in [-0.25, -0.2) is 0 Å². The summed E-state index contributed by atoms with van der Waals surface area (Å²) in [5.41, 5.74) is 9.05. The molecular formula is C25H51NO9Si3. The average molecular weight is 594 g/mol. The topological polar surface area (TPSA) is 109 Å². The van der Waals surface area contributed by atoms with E-state index in [-0.39, 0.29) is 0 Å². The molecule has 222 valence electrons. The van der Waals surface area contributed by atoms with Crippen LogP contribution in [0.4, 0.5) is 0 Å². The monoisotopic (exact) mass is 593 g/mol. The Labute approximate surface area is 233 Å². The zero-order chi connectivity index (χ0) is 28.7. The first kappa shape index (κ1) is 35.5. The maximum absolute atomic E-state index is 7.28. The maximum atomic E-state index is 7.28. The Morgan fingerprint density at radius 1 is 0.553 bits per heavy atom. The van der Waals surface area contributed by atoms with Gasteiger partial charge in [0.25, 0.3) is 0 Å². The summed E-state index contributed by atoms with van der Waals surface area (Å²) in [6.45, 7) is 0. The first-order chi connectivity index (χ1) is 18.2. The minimum Gasteiger partial charge on any atom is -0.377 e. The Hall–Kier alpha value is -0.529. The number of nitrogens with two attached hydrogens (primary N) is 1. The lowest BCUT2D eigenvalue weighted by molar-refractivity contribution is 0.120. The SMILES string of the molecule is CO[Si](CCCc1ccccc1C(N)(CCC[Si](OC)(OC)OC)CCC[Si](OC)(OC)OC)(OC)OC. The Morgan fingerprint density at radius 2 is 0.895 bits per heavy atom. The summed E-state index contributed by atoms with van der Waals surface area (Å²) in [6, 6.07) is 10.5. The van der Waals surface area contributed by atoms with E-state index < -0.39 is 32.0 Å². The van der Waals surface area contributed by atoms with E-state index in [9.17, 15) is 0 Å². The van der Waals surface area contributed by atoms with Crippen molar-refractivity contribution in [3.05, 3.63) is 35.4 Å². The highest BCUT2D eigenvalue weighted by Gasteiger charge is 2.41. The summed E-state index contributed by atoms with van der Waals surface area (Å²) in [7, 11) is 6.68. The predicted molar refractivity (Wildman–Crippen MR) is 154 cm³/mol. The van der Waals surface area contributed by atoms with Gasteiger partial charge in [-0.3, -0.25) is 0 Å². The predicted octanol–water partition coefficient (Wildman–Crippen LogP) is 3.97. The molecule has 0 aromatic heterocycles. The molecule has 0 heterocycles. The molecule has 0 bridgehead atoms. The van der Waals surface area contributed by atoms with Gasteiger partial charge in [0, 0.05) is 87.7 Å². The second kappa shape index (κ2) is 17.3. The largest absolute Gasteiger partial charge is 0.500 e. The highest BCUT2D eigenvalue weighted by Crippen LogP contribution is 2.35. The molecule has 0 fully saturated rings. The Balaban J connectivity index is 3.19. The van der Waals surface area contributed by atoms with Gasteiger partial charge in [0.1, 0.15) is 0 Å². The number of hydrogen-bond donors (Lipinski definition) is 1. The van der Waals surface area contributed by atoms with Crippen LogP contribution >= 0.6 is 0 Å². The van der Waals surface area contributed by atoms with Crippen molar-refractivity contribution in [1.29, 1.82) is 0 Å².